The number of ether oxygens (including phenoxy) is 4. The van der Waals surface area contributed by atoms with E-state index >= 15 is 0 Å². The van der Waals surface area contributed by atoms with Crippen LogP contribution >= 0.6 is 0 Å². The standard InChI is InChI=1S/C77H140N10O14/c1-5-43-12-48(88)26-78-42(4)73-76-77-75-71-25-70-74-72(82-30-49(89)13-44-8-6-7-9-45(14-50(90)31-83-73)64(19-55(95)34-87-77)68(22-56(96)33-85-75)63(44)18-54(94)32-84-74)41(3)79-27-51(91)17-62(40(2)10-58-36-98-58)65(20-52(92)28-80-70)46(15-59-37-99-59)11-47(16-60-38-100-60)66(21-53(93)29-81-71)69(23-57(97)35-86-76)67(43)24-61-39-101-61/h40-97H,5-39H2,1-4H3. The van der Waals surface area contributed by atoms with E-state index in [1.165, 1.54) is 0 Å². The maximum atomic E-state index is 13.8. The zero-order valence-electron chi connectivity index (χ0n) is 61.8. The van der Waals surface area contributed by atoms with E-state index < -0.39 is 109 Å². The smallest absolute Gasteiger partial charge is 0.0812 e. The van der Waals surface area contributed by atoms with Crippen molar-refractivity contribution in [3.05, 3.63) is 0 Å². The van der Waals surface area contributed by atoms with Crippen LogP contribution in [0.1, 0.15) is 163 Å². The van der Waals surface area contributed by atoms with Gasteiger partial charge in [0.25, 0.3) is 0 Å². The van der Waals surface area contributed by atoms with Crippen LogP contribution in [0.25, 0.3) is 0 Å². The van der Waals surface area contributed by atoms with Crippen molar-refractivity contribution < 1.29 is 70.0 Å². The Hall–Kier alpha value is -0.960. The van der Waals surface area contributed by atoms with Gasteiger partial charge in [-0.1, -0.05) is 46.0 Å². The first kappa shape index (κ1) is 78.2. The van der Waals surface area contributed by atoms with Crippen molar-refractivity contribution >= 4 is 0 Å². The van der Waals surface area contributed by atoms with Gasteiger partial charge >= 0.3 is 0 Å². The summed E-state index contributed by atoms with van der Waals surface area (Å²) in [5.74, 6) is -1.01. The number of nitrogens with one attached hydrogen (secondary N) is 10. The monoisotopic (exact) mass is 1430 g/mol. The Morgan fingerprint density at radius 3 is 1.18 bits per heavy atom. The third-order valence-electron chi connectivity index (χ3n) is 28.6. The number of rotatable bonds is 10. The Morgan fingerprint density at radius 1 is 0.327 bits per heavy atom. The molecule has 13 aliphatic rings. The average Bonchev–Trinajstić information content (AvgIpc) is 1.76. The summed E-state index contributed by atoms with van der Waals surface area (Å²) < 4.78 is 25.0. The summed E-state index contributed by atoms with van der Waals surface area (Å²) in [5.41, 5.74) is 0. The summed E-state index contributed by atoms with van der Waals surface area (Å²) >= 11 is 0. The number of aliphatic hydroxyl groups excluding tert-OH is 10. The highest BCUT2D eigenvalue weighted by atomic mass is 16.6. The second kappa shape index (κ2) is 36.3. The normalized spacial score (nSPS) is 51.6. The van der Waals surface area contributed by atoms with Crippen LogP contribution in [0, 0.1) is 82.9 Å². The lowest BCUT2D eigenvalue weighted by molar-refractivity contribution is -0.0173. The molecule has 0 aromatic heterocycles. The van der Waals surface area contributed by atoms with E-state index in [0.29, 0.717) is 110 Å². The van der Waals surface area contributed by atoms with Gasteiger partial charge in [-0.25, -0.2) is 0 Å². The second-order valence-electron chi connectivity index (χ2n) is 35.9. The van der Waals surface area contributed by atoms with Crippen LogP contribution in [0.2, 0.25) is 0 Å². The quantitative estimate of drug-likeness (QED) is 0.126. The summed E-state index contributed by atoms with van der Waals surface area (Å²) in [6.45, 7) is 13.9. The van der Waals surface area contributed by atoms with Crippen LogP contribution in [-0.2, 0) is 18.9 Å². The summed E-state index contributed by atoms with van der Waals surface area (Å²) in [6, 6.07) is -4.95. The van der Waals surface area contributed by atoms with Gasteiger partial charge in [-0.3, -0.25) is 0 Å². The number of hydrogen-bond acceptors (Lipinski definition) is 24. The lowest BCUT2D eigenvalue weighted by Gasteiger charge is -2.49. The molecule has 20 N–H and O–H groups in total. The maximum Gasteiger partial charge on any atom is 0.0812 e. The molecule has 24 heteroatoms. The molecule has 0 amide bonds. The third-order valence-corrected chi connectivity index (χ3v) is 28.6. The largest absolute Gasteiger partial charge is 0.392 e. The van der Waals surface area contributed by atoms with E-state index in [2.05, 4.69) is 80.9 Å². The van der Waals surface area contributed by atoms with Crippen LogP contribution in [0.4, 0.5) is 0 Å². The van der Waals surface area contributed by atoms with Crippen LogP contribution in [0.15, 0.2) is 0 Å². The van der Waals surface area contributed by atoms with Gasteiger partial charge in [0.2, 0.25) is 0 Å². The van der Waals surface area contributed by atoms with Gasteiger partial charge in [0.1, 0.15) is 0 Å². The molecule has 38 atom stereocenters. The highest BCUT2D eigenvalue weighted by Gasteiger charge is 2.52. The fourth-order valence-corrected chi connectivity index (χ4v) is 23.3. The third kappa shape index (κ3) is 21.1. The van der Waals surface area contributed by atoms with E-state index in [9.17, 15) is 51.1 Å². The SMILES string of the molecule is CCC1CC(O)CNC(C)C2NCC(O)CC3CCCCC4CC(O)CNC5C(C)NCC(O)CC(C(C)CC6CO6)C6CC(O)CNC7CC8NCC(O)CC(C(CC9CO9)CC6CC6CO6)C(CC(O)CNC2C2NCC(O)CC3C(CC(O)CNC82)C4CC(O)CNC75)C1CC1CO1. The Kier molecular flexibility index (Phi) is 28.1. The molecule has 12 bridgehead atoms. The van der Waals surface area contributed by atoms with E-state index in [1.807, 2.05) is 0 Å². The summed E-state index contributed by atoms with van der Waals surface area (Å²) in [5, 5.41) is 173. The molecule has 24 nitrogen and oxygen atoms in total. The van der Waals surface area contributed by atoms with Crippen LogP contribution in [-0.4, -0.2) is 289 Å². The fraction of sp³-hybridized carbons (Fsp3) is 1.00. The van der Waals surface area contributed by atoms with E-state index in [4.69, 9.17) is 18.9 Å². The van der Waals surface area contributed by atoms with Crippen LogP contribution < -0.4 is 53.2 Å². The Bertz CT molecular complexity index is 2480. The van der Waals surface area contributed by atoms with Gasteiger partial charge in [0.05, 0.1) is 112 Å². The van der Waals surface area contributed by atoms with Crippen molar-refractivity contribution in [2.24, 2.45) is 82.9 Å². The maximum absolute atomic E-state index is 13.8. The molecule has 0 radical (unpaired) electrons. The van der Waals surface area contributed by atoms with Crippen molar-refractivity contribution in [1.82, 2.24) is 53.2 Å². The minimum atomic E-state index is -0.902. The average molecular weight is 1430 g/mol. The first-order chi connectivity index (χ1) is 48.8. The highest BCUT2D eigenvalue weighted by Crippen LogP contribution is 2.52. The number of hydrogen-bond donors (Lipinski definition) is 20. The van der Waals surface area contributed by atoms with Gasteiger partial charge in [-0.05, 0) is 199 Å². The van der Waals surface area contributed by atoms with Crippen molar-refractivity contribution in [3.63, 3.8) is 0 Å². The molecule has 0 aromatic rings. The molecule has 38 unspecified atom stereocenters. The lowest BCUT2D eigenvalue weighted by atomic mass is 9.60. The van der Waals surface area contributed by atoms with Crippen LogP contribution in [0.5, 0.6) is 0 Å². The van der Waals surface area contributed by atoms with E-state index in [0.717, 1.165) is 64.2 Å². The molecule has 12 saturated heterocycles. The zero-order valence-corrected chi connectivity index (χ0v) is 61.8. The Morgan fingerprint density at radius 2 is 0.683 bits per heavy atom. The van der Waals surface area contributed by atoms with Gasteiger partial charge < -0.3 is 123 Å². The first-order valence-corrected chi connectivity index (χ1v) is 41.4. The van der Waals surface area contributed by atoms with E-state index in [1.54, 1.807) is 0 Å². The molecule has 1 saturated carbocycles. The van der Waals surface area contributed by atoms with Gasteiger partial charge in [-0.2, -0.15) is 0 Å². The van der Waals surface area contributed by atoms with Gasteiger partial charge in [0.15, 0.2) is 0 Å². The molecule has 12 aliphatic heterocycles. The first-order valence-electron chi connectivity index (χ1n) is 41.4. The fourth-order valence-electron chi connectivity index (χ4n) is 23.3. The molecule has 1 aliphatic carbocycles. The minimum Gasteiger partial charge on any atom is -0.392 e. The van der Waals surface area contributed by atoms with Crippen molar-refractivity contribution in [2.75, 3.05) is 91.9 Å². The molecular weight excluding hydrogens is 1290 g/mol. The van der Waals surface area contributed by atoms with Crippen molar-refractivity contribution in [3.8, 4) is 0 Å². The zero-order chi connectivity index (χ0) is 70.6. The number of aliphatic hydroxyl groups is 10. The predicted molar refractivity (Wildman–Crippen MR) is 385 cm³/mol. The molecule has 13 fully saturated rings. The summed E-state index contributed by atoms with van der Waals surface area (Å²) in [6.07, 6.45) is 4.66. The van der Waals surface area contributed by atoms with E-state index in [-0.39, 0.29) is 172 Å². The summed E-state index contributed by atoms with van der Waals surface area (Å²) in [7, 11) is 0. The molecule has 0 aromatic carbocycles. The molecule has 13 rings (SSSR count). The van der Waals surface area contributed by atoms with Gasteiger partial charge in [-0.15, -0.1) is 0 Å². The predicted octanol–water partition coefficient (Wildman–Crippen LogP) is -0.207. The molecular formula is C77H140N10O14. The van der Waals surface area contributed by atoms with Crippen LogP contribution in [0.3, 0.4) is 0 Å². The molecule has 0 spiro atoms. The topological polar surface area (TPSA) is 373 Å². The number of fused-ring (bicyclic) bond motifs is 22. The molecule has 12 heterocycles. The number of epoxide rings is 4. The molecule has 101 heavy (non-hydrogen) atoms. The van der Waals surface area contributed by atoms with Gasteiger partial charge in [0, 0.05) is 126 Å². The second-order valence-corrected chi connectivity index (χ2v) is 35.9. The minimum absolute atomic E-state index is 0.00833. The van der Waals surface area contributed by atoms with Crippen molar-refractivity contribution in [2.45, 2.75) is 308 Å². The Balaban J connectivity index is 1.07. The summed E-state index contributed by atoms with van der Waals surface area (Å²) in [4.78, 5) is 0. The Labute approximate surface area is 603 Å². The molecule has 582 valence electrons. The lowest BCUT2D eigenvalue weighted by Crippen LogP contribution is -2.73. The highest BCUT2D eigenvalue weighted by molar-refractivity contribution is 5.11. The number of β-amino-alcohol motifs (C(OH)–C–C–N with tert-alkyl or cyclic N) is 4. The van der Waals surface area contributed by atoms with Crippen molar-refractivity contribution in [1.29, 1.82) is 0 Å².